The Hall–Kier alpha value is -4.04. The SMILES string of the molecule is O=C(O)c1ccc(-n2cccc2[C@@H]2[C@@H](c3ccccn3)NC(=S)N2Cc2cccnc2)cc1. The lowest BCUT2D eigenvalue weighted by atomic mass is 10.0. The summed E-state index contributed by atoms with van der Waals surface area (Å²) in [6.07, 6.45) is 7.36. The summed E-state index contributed by atoms with van der Waals surface area (Å²) < 4.78 is 2.07. The van der Waals surface area contributed by atoms with Gasteiger partial charge in [-0.05, 0) is 72.4 Å². The summed E-state index contributed by atoms with van der Waals surface area (Å²) in [7, 11) is 0. The highest BCUT2D eigenvalue weighted by molar-refractivity contribution is 7.80. The van der Waals surface area contributed by atoms with Crippen LogP contribution in [0, 0.1) is 0 Å². The molecule has 164 valence electrons. The Kier molecular flexibility index (Phi) is 5.58. The molecule has 5 rings (SSSR count). The van der Waals surface area contributed by atoms with Crippen LogP contribution >= 0.6 is 12.2 Å². The molecule has 8 heteroatoms. The number of nitrogens with one attached hydrogen (secondary N) is 1. The third kappa shape index (κ3) is 4.08. The van der Waals surface area contributed by atoms with E-state index < -0.39 is 5.97 Å². The Bertz CT molecular complexity index is 1280. The number of benzene rings is 1. The molecule has 2 atom stereocenters. The standard InChI is InChI=1S/C25H21N5O2S/c31-24(32)18-8-10-19(11-9-18)29-14-4-7-21(29)23-22(20-6-1-2-13-27-20)28-25(33)30(23)16-17-5-3-12-26-15-17/h1-15,22-23H,16H2,(H,28,33)(H,31,32)/t22-,23-/m1/s1. The van der Waals surface area contributed by atoms with Crippen LogP contribution in [0.1, 0.15) is 39.4 Å². The Morgan fingerprint density at radius 2 is 1.88 bits per heavy atom. The molecule has 1 saturated heterocycles. The van der Waals surface area contributed by atoms with Crippen molar-refractivity contribution in [3.63, 3.8) is 0 Å². The predicted molar refractivity (Wildman–Crippen MR) is 128 cm³/mol. The summed E-state index contributed by atoms with van der Waals surface area (Å²) in [5.74, 6) is -0.947. The molecule has 1 aliphatic rings. The van der Waals surface area contributed by atoms with Crippen molar-refractivity contribution in [2.24, 2.45) is 0 Å². The van der Waals surface area contributed by atoms with Crippen LogP contribution in [-0.2, 0) is 6.54 Å². The fourth-order valence-electron chi connectivity index (χ4n) is 4.22. The first kappa shape index (κ1) is 20.8. The number of carboxylic acid groups (broad SMARTS) is 1. The number of thiocarbonyl (C=S) groups is 1. The van der Waals surface area contributed by atoms with Crippen molar-refractivity contribution in [2.45, 2.75) is 18.6 Å². The van der Waals surface area contributed by atoms with Crippen LogP contribution in [0.2, 0.25) is 0 Å². The zero-order chi connectivity index (χ0) is 22.8. The molecular formula is C25H21N5O2S. The highest BCUT2D eigenvalue weighted by atomic mass is 32.1. The zero-order valence-electron chi connectivity index (χ0n) is 17.6. The van der Waals surface area contributed by atoms with E-state index in [1.54, 1.807) is 24.5 Å². The maximum absolute atomic E-state index is 11.3. The molecule has 33 heavy (non-hydrogen) atoms. The van der Waals surface area contributed by atoms with E-state index in [0.29, 0.717) is 11.7 Å². The lowest BCUT2D eigenvalue weighted by Gasteiger charge is -2.29. The predicted octanol–water partition coefficient (Wildman–Crippen LogP) is 4.14. The molecule has 0 bridgehead atoms. The molecule has 7 nitrogen and oxygen atoms in total. The molecular weight excluding hydrogens is 434 g/mol. The Labute approximate surface area is 196 Å². The van der Waals surface area contributed by atoms with Crippen molar-refractivity contribution in [3.8, 4) is 5.69 Å². The summed E-state index contributed by atoms with van der Waals surface area (Å²) >= 11 is 5.77. The highest BCUT2D eigenvalue weighted by Gasteiger charge is 2.41. The minimum atomic E-state index is -0.947. The molecule has 4 aromatic rings. The third-order valence-electron chi connectivity index (χ3n) is 5.75. The fourth-order valence-corrected chi connectivity index (χ4v) is 4.53. The third-order valence-corrected chi connectivity index (χ3v) is 6.10. The topological polar surface area (TPSA) is 83.3 Å². The maximum atomic E-state index is 11.3. The van der Waals surface area contributed by atoms with Crippen LogP contribution in [0.15, 0.2) is 91.5 Å². The number of aromatic carboxylic acids is 1. The molecule has 2 N–H and O–H groups in total. The highest BCUT2D eigenvalue weighted by Crippen LogP contribution is 2.40. The Morgan fingerprint density at radius 3 is 2.58 bits per heavy atom. The number of pyridine rings is 2. The van der Waals surface area contributed by atoms with Crippen LogP contribution in [0.3, 0.4) is 0 Å². The van der Waals surface area contributed by atoms with Crippen LogP contribution in [0.4, 0.5) is 0 Å². The number of hydrogen-bond acceptors (Lipinski definition) is 4. The molecule has 0 radical (unpaired) electrons. The van der Waals surface area contributed by atoms with Gasteiger partial charge >= 0.3 is 5.97 Å². The molecule has 1 aliphatic heterocycles. The number of nitrogens with zero attached hydrogens (tertiary/aromatic N) is 4. The molecule has 3 aromatic heterocycles. The van der Waals surface area contributed by atoms with Crippen LogP contribution in [-0.4, -0.2) is 35.6 Å². The number of aromatic nitrogens is 3. The van der Waals surface area contributed by atoms with Gasteiger partial charge in [0.25, 0.3) is 0 Å². The van der Waals surface area contributed by atoms with E-state index in [1.165, 1.54) is 0 Å². The van der Waals surface area contributed by atoms with Gasteiger partial charge in [-0.15, -0.1) is 0 Å². The number of rotatable bonds is 6. The van der Waals surface area contributed by atoms with Crippen molar-refractivity contribution < 1.29 is 9.90 Å². The fraction of sp³-hybridized carbons (Fsp3) is 0.120. The van der Waals surface area contributed by atoms with Crippen molar-refractivity contribution in [1.29, 1.82) is 0 Å². The van der Waals surface area contributed by atoms with Gasteiger partial charge in [0.15, 0.2) is 5.11 Å². The summed E-state index contributed by atoms with van der Waals surface area (Å²) in [5, 5.41) is 13.4. The largest absolute Gasteiger partial charge is 0.478 e. The first-order valence-electron chi connectivity index (χ1n) is 10.5. The van der Waals surface area contributed by atoms with E-state index in [0.717, 1.165) is 22.6 Å². The van der Waals surface area contributed by atoms with Gasteiger partial charge in [-0.3, -0.25) is 9.97 Å². The molecule has 4 heterocycles. The van der Waals surface area contributed by atoms with Crippen molar-refractivity contribution in [1.82, 2.24) is 24.8 Å². The van der Waals surface area contributed by atoms with Crippen LogP contribution < -0.4 is 5.32 Å². The van der Waals surface area contributed by atoms with Gasteiger partial charge in [0, 0.05) is 42.7 Å². The maximum Gasteiger partial charge on any atom is 0.335 e. The normalized spacial score (nSPS) is 17.7. The summed E-state index contributed by atoms with van der Waals surface area (Å²) in [6, 6.07) is 20.4. The van der Waals surface area contributed by atoms with Gasteiger partial charge in [0.05, 0.1) is 23.3 Å². The van der Waals surface area contributed by atoms with E-state index in [1.807, 2.05) is 60.9 Å². The number of carbonyl (C=O) groups is 1. The van der Waals surface area contributed by atoms with Gasteiger partial charge in [0.2, 0.25) is 0 Å². The monoisotopic (exact) mass is 455 g/mol. The second-order valence-corrected chi connectivity index (χ2v) is 8.16. The van der Waals surface area contributed by atoms with Crippen molar-refractivity contribution in [2.75, 3.05) is 0 Å². The summed E-state index contributed by atoms with van der Waals surface area (Å²) in [4.78, 5) is 22.3. The Morgan fingerprint density at radius 1 is 1.03 bits per heavy atom. The van der Waals surface area contributed by atoms with Gasteiger partial charge < -0.3 is 19.9 Å². The first-order chi connectivity index (χ1) is 16.1. The number of hydrogen-bond donors (Lipinski definition) is 2. The van der Waals surface area contributed by atoms with Crippen LogP contribution in [0.5, 0.6) is 0 Å². The second-order valence-electron chi connectivity index (χ2n) is 7.77. The van der Waals surface area contributed by atoms with Crippen molar-refractivity contribution in [3.05, 3.63) is 114 Å². The number of carboxylic acids is 1. The quantitative estimate of drug-likeness (QED) is 0.423. The average molecular weight is 456 g/mol. The van der Waals surface area contributed by atoms with Gasteiger partial charge in [0.1, 0.15) is 0 Å². The van der Waals surface area contributed by atoms with Gasteiger partial charge in [-0.2, -0.15) is 0 Å². The van der Waals surface area contributed by atoms with E-state index in [-0.39, 0.29) is 17.6 Å². The van der Waals surface area contributed by atoms with Crippen LogP contribution in [0.25, 0.3) is 5.69 Å². The average Bonchev–Trinajstić information content (AvgIpc) is 3.45. The van der Waals surface area contributed by atoms with Crippen molar-refractivity contribution >= 4 is 23.3 Å². The van der Waals surface area contributed by atoms with E-state index in [9.17, 15) is 9.90 Å². The van der Waals surface area contributed by atoms with E-state index in [2.05, 4.69) is 30.8 Å². The van der Waals surface area contributed by atoms with E-state index in [4.69, 9.17) is 12.2 Å². The lowest BCUT2D eigenvalue weighted by molar-refractivity contribution is 0.0697. The molecule has 0 amide bonds. The lowest BCUT2D eigenvalue weighted by Crippen LogP contribution is -2.30. The smallest absolute Gasteiger partial charge is 0.335 e. The van der Waals surface area contributed by atoms with Gasteiger partial charge in [-0.1, -0.05) is 12.1 Å². The molecule has 0 saturated carbocycles. The van der Waals surface area contributed by atoms with E-state index >= 15 is 0 Å². The molecule has 1 aromatic carbocycles. The Balaban J connectivity index is 1.58. The summed E-state index contributed by atoms with van der Waals surface area (Å²) in [5.41, 5.74) is 4.09. The summed E-state index contributed by atoms with van der Waals surface area (Å²) in [6.45, 7) is 0.594. The first-order valence-corrected chi connectivity index (χ1v) is 10.9. The second kappa shape index (κ2) is 8.84. The molecule has 0 aliphatic carbocycles. The minimum absolute atomic E-state index is 0.137. The van der Waals surface area contributed by atoms with Gasteiger partial charge in [-0.25, -0.2) is 4.79 Å². The molecule has 1 fully saturated rings. The molecule has 0 unspecified atom stereocenters. The molecule has 0 spiro atoms. The minimum Gasteiger partial charge on any atom is -0.478 e. The zero-order valence-corrected chi connectivity index (χ0v) is 18.4.